The monoisotopic (exact) mass is 440 g/mol. The highest BCUT2D eigenvalue weighted by atomic mass is 32.1. The van der Waals surface area contributed by atoms with E-state index >= 15 is 0 Å². The van der Waals surface area contributed by atoms with Gasteiger partial charge in [-0.15, -0.1) is 11.3 Å². The van der Waals surface area contributed by atoms with Crippen molar-refractivity contribution in [1.82, 2.24) is 0 Å². The molecule has 0 saturated heterocycles. The van der Waals surface area contributed by atoms with Crippen molar-refractivity contribution in [1.29, 1.82) is 0 Å². The number of aliphatic hydroxyl groups is 3. The summed E-state index contributed by atoms with van der Waals surface area (Å²) in [6.45, 7) is 8.45. The molecule has 31 heavy (non-hydrogen) atoms. The van der Waals surface area contributed by atoms with Crippen LogP contribution in [0.3, 0.4) is 0 Å². The minimum atomic E-state index is -0.772. The average Bonchev–Trinajstić information content (AvgIpc) is 3.16. The first-order valence-corrected chi connectivity index (χ1v) is 11.6. The van der Waals surface area contributed by atoms with E-state index in [-0.39, 0.29) is 13.2 Å². The molecule has 0 aliphatic carbocycles. The van der Waals surface area contributed by atoms with Crippen molar-refractivity contribution in [3.05, 3.63) is 75.2 Å². The summed E-state index contributed by atoms with van der Waals surface area (Å²) in [6, 6.07) is 13.8. The van der Waals surface area contributed by atoms with Crippen LogP contribution >= 0.6 is 11.3 Å². The molecule has 4 nitrogen and oxygen atoms in total. The van der Waals surface area contributed by atoms with Gasteiger partial charge in [0.1, 0.15) is 12.4 Å². The van der Waals surface area contributed by atoms with Gasteiger partial charge in [0.2, 0.25) is 0 Å². The zero-order valence-corrected chi connectivity index (χ0v) is 19.6. The number of aliphatic hydroxyl groups excluding tert-OH is 2. The van der Waals surface area contributed by atoms with Gasteiger partial charge in [-0.25, -0.2) is 0 Å². The number of aryl methyl sites for hydroxylation is 2. The average molecular weight is 441 g/mol. The molecule has 0 amide bonds. The van der Waals surface area contributed by atoms with Crippen LogP contribution in [0.25, 0.3) is 10.4 Å². The summed E-state index contributed by atoms with van der Waals surface area (Å²) in [5.41, 5.74) is 5.13. The Morgan fingerprint density at radius 1 is 0.871 bits per heavy atom. The summed E-state index contributed by atoms with van der Waals surface area (Å²) in [7, 11) is 0. The van der Waals surface area contributed by atoms with Crippen LogP contribution in [-0.4, -0.2) is 15.3 Å². The van der Waals surface area contributed by atoms with Gasteiger partial charge in [0.15, 0.2) is 0 Å². The number of benzene rings is 2. The van der Waals surface area contributed by atoms with Crippen molar-refractivity contribution in [2.75, 3.05) is 0 Å². The Bertz CT molecular complexity index is 1030. The summed E-state index contributed by atoms with van der Waals surface area (Å²) < 4.78 is 5.95. The summed E-state index contributed by atoms with van der Waals surface area (Å²) in [4.78, 5) is 2.33. The summed E-state index contributed by atoms with van der Waals surface area (Å²) in [5, 5.41) is 29.7. The van der Waals surface area contributed by atoms with Crippen LogP contribution in [0.1, 0.15) is 59.4 Å². The van der Waals surface area contributed by atoms with E-state index in [1.165, 1.54) is 16.0 Å². The number of hydrogen-bond donors (Lipinski definition) is 3. The largest absolute Gasteiger partial charge is 0.488 e. The zero-order chi connectivity index (χ0) is 22.6. The Hall–Kier alpha value is -2.18. The maximum absolute atomic E-state index is 10.8. The van der Waals surface area contributed by atoms with E-state index in [1.807, 2.05) is 26.0 Å². The normalized spacial score (nSPS) is 11.7. The minimum Gasteiger partial charge on any atom is -0.488 e. The smallest absolute Gasteiger partial charge is 0.122 e. The van der Waals surface area contributed by atoms with Gasteiger partial charge in [0, 0.05) is 9.75 Å². The highest BCUT2D eigenvalue weighted by Crippen LogP contribution is 2.37. The lowest BCUT2D eigenvalue weighted by Gasteiger charge is -2.26. The molecule has 166 valence electrons. The fourth-order valence-corrected chi connectivity index (χ4v) is 5.08. The molecule has 0 atom stereocenters. The second-order valence-electron chi connectivity index (χ2n) is 8.03. The number of hydrogen-bond acceptors (Lipinski definition) is 5. The van der Waals surface area contributed by atoms with E-state index in [0.717, 1.165) is 16.0 Å². The molecule has 1 aromatic heterocycles. The summed E-state index contributed by atoms with van der Waals surface area (Å²) >= 11 is 1.71. The zero-order valence-electron chi connectivity index (χ0n) is 18.7. The molecule has 0 saturated carbocycles. The molecule has 0 aliphatic rings. The van der Waals surface area contributed by atoms with Gasteiger partial charge in [-0.3, -0.25) is 0 Å². The maximum atomic E-state index is 10.8. The van der Waals surface area contributed by atoms with Crippen LogP contribution in [0.5, 0.6) is 5.75 Å². The van der Waals surface area contributed by atoms with Gasteiger partial charge in [-0.1, -0.05) is 38.1 Å². The Kier molecular flexibility index (Phi) is 7.55. The fourth-order valence-electron chi connectivity index (χ4n) is 3.90. The van der Waals surface area contributed by atoms with E-state index in [9.17, 15) is 15.3 Å². The molecular formula is C26H32O4S. The maximum Gasteiger partial charge on any atom is 0.122 e. The van der Waals surface area contributed by atoms with Gasteiger partial charge >= 0.3 is 0 Å². The van der Waals surface area contributed by atoms with Gasteiger partial charge in [-0.05, 0) is 78.3 Å². The first kappa shape index (κ1) is 23.5. The van der Waals surface area contributed by atoms with Crippen molar-refractivity contribution < 1.29 is 20.1 Å². The lowest BCUT2D eigenvalue weighted by atomic mass is 9.86. The van der Waals surface area contributed by atoms with Crippen molar-refractivity contribution in [2.24, 2.45) is 0 Å². The SMILES string of the molecule is CCC(O)(CC)c1ccc(-c2sc(COc3ccc(CO)c(CO)c3)cc2C)c(C)c1. The summed E-state index contributed by atoms with van der Waals surface area (Å²) in [6.07, 6.45) is 1.39. The summed E-state index contributed by atoms with van der Waals surface area (Å²) in [5.74, 6) is 0.674. The van der Waals surface area contributed by atoms with Gasteiger partial charge in [0.05, 0.1) is 18.8 Å². The first-order valence-electron chi connectivity index (χ1n) is 10.7. The fraction of sp³-hybridized carbons (Fsp3) is 0.385. The molecule has 0 aliphatic heterocycles. The van der Waals surface area contributed by atoms with Gasteiger partial charge in [0.25, 0.3) is 0 Å². The van der Waals surface area contributed by atoms with Crippen LogP contribution in [0, 0.1) is 13.8 Å². The molecule has 3 rings (SSSR count). The van der Waals surface area contributed by atoms with Crippen molar-refractivity contribution in [3.63, 3.8) is 0 Å². The third-order valence-electron chi connectivity index (χ3n) is 6.05. The standard InChI is InChI=1S/C26H32O4S/c1-5-26(29,6-2)21-8-10-24(17(3)11-21)25-18(4)12-23(31-25)16-30-22-9-7-19(14-27)20(13-22)15-28/h7-13,27-29H,5-6,14-16H2,1-4H3. The topological polar surface area (TPSA) is 69.9 Å². The van der Waals surface area contributed by atoms with Crippen LogP contribution < -0.4 is 4.74 Å². The van der Waals surface area contributed by atoms with Crippen LogP contribution in [0.2, 0.25) is 0 Å². The third kappa shape index (κ3) is 5.01. The molecule has 0 radical (unpaired) electrons. The number of thiophene rings is 1. The Balaban J connectivity index is 1.80. The van der Waals surface area contributed by atoms with Gasteiger partial charge in [-0.2, -0.15) is 0 Å². The lowest BCUT2D eigenvalue weighted by Crippen LogP contribution is -2.23. The lowest BCUT2D eigenvalue weighted by molar-refractivity contribution is 0.0283. The van der Waals surface area contributed by atoms with Gasteiger partial charge < -0.3 is 20.1 Å². The van der Waals surface area contributed by atoms with E-state index < -0.39 is 5.60 Å². The van der Waals surface area contributed by atoms with Crippen molar-refractivity contribution >= 4 is 11.3 Å². The van der Waals surface area contributed by atoms with E-state index in [4.69, 9.17) is 4.74 Å². The second-order valence-corrected chi connectivity index (χ2v) is 9.17. The third-order valence-corrected chi connectivity index (χ3v) is 7.29. The molecule has 2 aromatic carbocycles. The first-order chi connectivity index (χ1) is 14.8. The van der Waals surface area contributed by atoms with E-state index in [0.29, 0.717) is 36.3 Å². The molecule has 1 heterocycles. The predicted molar refractivity (Wildman–Crippen MR) is 126 cm³/mol. The quantitative estimate of drug-likeness (QED) is 0.405. The molecule has 3 N–H and O–H groups in total. The molecule has 5 heteroatoms. The number of rotatable bonds is 9. The van der Waals surface area contributed by atoms with Crippen molar-refractivity contribution in [3.8, 4) is 16.2 Å². The minimum absolute atomic E-state index is 0.101. The second kappa shape index (κ2) is 9.96. The van der Waals surface area contributed by atoms with Crippen LogP contribution in [0.15, 0.2) is 42.5 Å². The molecule has 0 spiro atoms. The Labute approximate surface area is 188 Å². The molecule has 0 fully saturated rings. The number of ether oxygens (including phenoxy) is 1. The van der Waals surface area contributed by atoms with Crippen LogP contribution in [0.4, 0.5) is 0 Å². The molecular weight excluding hydrogens is 408 g/mol. The predicted octanol–water partition coefficient (Wildman–Crippen LogP) is 5.60. The van der Waals surface area contributed by atoms with Crippen molar-refractivity contribution in [2.45, 2.75) is 66.0 Å². The van der Waals surface area contributed by atoms with E-state index in [1.54, 1.807) is 23.5 Å². The highest BCUT2D eigenvalue weighted by Gasteiger charge is 2.25. The highest BCUT2D eigenvalue weighted by molar-refractivity contribution is 7.15. The van der Waals surface area contributed by atoms with E-state index in [2.05, 4.69) is 32.0 Å². The molecule has 0 bridgehead atoms. The Morgan fingerprint density at radius 3 is 2.19 bits per heavy atom. The molecule has 0 unspecified atom stereocenters. The molecule has 3 aromatic rings. The van der Waals surface area contributed by atoms with Crippen LogP contribution in [-0.2, 0) is 25.4 Å². The Morgan fingerprint density at radius 2 is 1.58 bits per heavy atom.